The second-order valence-corrected chi connectivity index (χ2v) is 5.19. The van der Waals surface area contributed by atoms with Crippen LogP contribution in [0.3, 0.4) is 0 Å². The van der Waals surface area contributed by atoms with Gasteiger partial charge in [-0.1, -0.05) is 0 Å². The standard InChI is InChI=1S/C11H15N5OS/c1-12-11-14-9-8(5-13-16-9)10(15-11)18-6-7-3-2-4-17-7/h5,7H,2-4,6H2,1H3,(H2,12,13,14,15,16). The third kappa shape index (κ3) is 2.28. The lowest BCUT2D eigenvalue weighted by Gasteiger charge is -2.09. The number of ether oxygens (including phenoxy) is 1. The lowest BCUT2D eigenvalue weighted by molar-refractivity contribution is 0.129. The molecule has 2 aromatic rings. The molecular formula is C11H15N5OS. The molecule has 2 N–H and O–H groups in total. The number of H-pyrrole nitrogens is 1. The Morgan fingerprint density at radius 2 is 2.50 bits per heavy atom. The number of thioether (sulfide) groups is 1. The molecule has 96 valence electrons. The lowest BCUT2D eigenvalue weighted by Crippen LogP contribution is -2.08. The molecule has 1 unspecified atom stereocenters. The lowest BCUT2D eigenvalue weighted by atomic mass is 10.3. The Morgan fingerprint density at radius 3 is 3.28 bits per heavy atom. The van der Waals surface area contributed by atoms with E-state index in [1.165, 1.54) is 0 Å². The number of anilines is 1. The fraction of sp³-hybridized carbons (Fsp3) is 0.545. The zero-order chi connectivity index (χ0) is 12.4. The first-order valence-electron chi connectivity index (χ1n) is 6.00. The summed E-state index contributed by atoms with van der Waals surface area (Å²) < 4.78 is 5.62. The van der Waals surface area contributed by atoms with E-state index in [1.807, 2.05) is 7.05 Å². The number of aromatic amines is 1. The highest BCUT2D eigenvalue weighted by molar-refractivity contribution is 7.99. The van der Waals surface area contributed by atoms with Crippen molar-refractivity contribution in [1.82, 2.24) is 20.2 Å². The number of hydrogen-bond donors (Lipinski definition) is 2. The van der Waals surface area contributed by atoms with Gasteiger partial charge in [-0.3, -0.25) is 5.10 Å². The second kappa shape index (κ2) is 5.11. The monoisotopic (exact) mass is 265 g/mol. The van der Waals surface area contributed by atoms with Crippen LogP contribution in [0.5, 0.6) is 0 Å². The smallest absolute Gasteiger partial charge is 0.225 e. The zero-order valence-corrected chi connectivity index (χ0v) is 11.0. The van der Waals surface area contributed by atoms with E-state index in [1.54, 1.807) is 18.0 Å². The third-order valence-electron chi connectivity index (χ3n) is 2.93. The van der Waals surface area contributed by atoms with E-state index < -0.39 is 0 Å². The first-order chi connectivity index (χ1) is 8.86. The first-order valence-corrected chi connectivity index (χ1v) is 6.98. The predicted molar refractivity (Wildman–Crippen MR) is 70.9 cm³/mol. The third-order valence-corrected chi connectivity index (χ3v) is 4.05. The van der Waals surface area contributed by atoms with Gasteiger partial charge in [0.1, 0.15) is 5.03 Å². The molecule has 0 saturated carbocycles. The minimum Gasteiger partial charge on any atom is -0.377 e. The van der Waals surface area contributed by atoms with Crippen molar-refractivity contribution in [3.8, 4) is 0 Å². The number of aromatic nitrogens is 4. The minimum absolute atomic E-state index is 0.352. The molecule has 6 nitrogen and oxygen atoms in total. The van der Waals surface area contributed by atoms with E-state index in [-0.39, 0.29) is 0 Å². The first kappa shape index (κ1) is 11.7. The molecule has 7 heteroatoms. The van der Waals surface area contributed by atoms with Crippen molar-refractivity contribution in [3.05, 3.63) is 6.20 Å². The highest BCUT2D eigenvalue weighted by Crippen LogP contribution is 2.28. The number of rotatable bonds is 4. The predicted octanol–water partition coefficient (Wildman–Crippen LogP) is 1.67. The van der Waals surface area contributed by atoms with Gasteiger partial charge in [-0.2, -0.15) is 10.1 Å². The molecule has 3 heterocycles. The summed E-state index contributed by atoms with van der Waals surface area (Å²) in [6.45, 7) is 0.887. The summed E-state index contributed by atoms with van der Waals surface area (Å²) in [5.74, 6) is 1.54. The Kier molecular flexibility index (Phi) is 3.33. The molecule has 0 aliphatic carbocycles. The van der Waals surface area contributed by atoms with Crippen LogP contribution >= 0.6 is 11.8 Å². The van der Waals surface area contributed by atoms with E-state index in [2.05, 4.69) is 25.5 Å². The summed E-state index contributed by atoms with van der Waals surface area (Å²) in [6.07, 6.45) is 4.43. The number of fused-ring (bicyclic) bond motifs is 1. The van der Waals surface area contributed by atoms with Gasteiger partial charge in [0, 0.05) is 19.4 Å². The van der Waals surface area contributed by atoms with Gasteiger partial charge in [-0.15, -0.1) is 11.8 Å². The molecule has 1 atom stereocenters. The molecule has 0 amide bonds. The van der Waals surface area contributed by atoms with Gasteiger partial charge in [0.2, 0.25) is 5.95 Å². The Bertz CT molecular complexity index is 537. The van der Waals surface area contributed by atoms with Gasteiger partial charge in [0.25, 0.3) is 0 Å². The van der Waals surface area contributed by atoms with Gasteiger partial charge >= 0.3 is 0 Å². The maximum absolute atomic E-state index is 5.62. The number of nitrogens with zero attached hydrogens (tertiary/aromatic N) is 3. The molecule has 3 rings (SSSR count). The Labute approximate surface area is 109 Å². The van der Waals surface area contributed by atoms with E-state index in [9.17, 15) is 0 Å². The van der Waals surface area contributed by atoms with Crippen LogP contribution in [-0.2, 0) is 4.74 Å². The van der Waals surface area contributed by atoms with E-state index in [0.29, 0.717) is 12.1 Å². The summed E-state index contributed by atoms with van der Waals surface area (Å²) >= 11 is 1.71. The Hall–Kier alpha value is -1.34. The van der Waals surface area contributed by atoms with Crippen LogP contribution in [0.1, 0.15) is 12.8 Å². The summed E-state index contributed by atoms with van der Waals surface area (Å²) in [6, 6.07) is 0. The fourth-order valence-corrected chi connectivity index (χ4v) is 3.04. The Balaban J connectivity index is 1.82. The molecule has 1 aliphatic rings. The quantitative estimate of drug-likeness (QED) is 0.647. The molecule has 0 aromatic carbocycles. The summed E-state index contributed by atoms with van der Waals surface area (Å²) in [4.78, 5) is 8.79. The van der Waals surface area contributed by atoms with Gasteiger partial charge in [-0.05, 0) is 12.8 Å². The molecule has 0 radical (unpaired) electrons. The summed E-state index contributed by atoms with van der Waals surface area (Å²) in [5.41, 5.74) is 0.768. The summed E-state index contributed by atoms with van der Waals surface area (Å²) in [7, 11) is 1.81. The van der Waals surface area contributed by atoms with E-state index in [0.717, 1.165) is 41.3 Å². The van der Waals surface area contributed by atoms with Crippen LogP contribution in [-0.4, -0.2) is 45.7 Å². The van der Waals surface area contributed by atoms with Crippen molar-refractivity contribution in [2.75, 3.05) is 24.7 Å². The van der Waals surface area contributed by atoms with Crippen molar-refractivity contribution in [2.45, 2.75) is 24.0 Å². The van der Waals surface area contributed by atoms with Crippen LogP contribution in [0, 0.1) is 0 Å². The Morgan fingerprint density at radius 1 is 1.56 bits per heavy atom. The normalized spacial score (nSPS) is 19.5. The topological polar surface area (TPSA) is 75.7 Å². The highest BCUT2D eigenvalue weighted by atomic mass is 32.2. The number of hydrogen-bond acceptors (Lipinski definition) is 6. The van der Waals surface area contributed by atoms with Crippen molar-refractivity contribution in [1.29, 1.82) is 0 Å². The van der Waals surface area contributed by atoms with Crippen LogP contribution in [0.2, 0.25) is 0 Å². The second-order valence-electron chi connectivity index (χ2n) is 4.18. The summed E-state index contributed by atoms with van der Waals surface area (Å²) in [5, 5.41) is 11.8. The average Bonchev–Trinajstić information content (AvgIpc) is 3.06. The van der Waals surface area contributed by atoms with E-state index >= 15 is 0 Å². The van der Waals surface area contributed by atoms with Gasteiger partial charge in [-0.25, -0.2) is 4.98 Å². The van der Waals surface area contributed by atoms with Crippen LogP contribution < -0.4 is 5.32 Å². The van der Waals surface area contributed by atoms with Crippen molar-refractivity contribution < 1.29 is 4.74 Å². The van der Waals surface area contributed by atoms with Crippen molar-refractivity contribution >= 4 is 28.7 Å². The fourth-order valence-electron chi connectivity index (χ4n) is 1.98. The molecule has 0 bridgehead atoms. The maximum Gasteiger partial charge on any atom is 0.225 e. The van der Waals surface area contributed by atoms with Gasteiger partial charge in [0.15, 0.2) is 5.65 Å². The van der Waals surface area contributed by atoms with Crippen LogP contribution in [0.25, 0.3) is 11.0 Å². The van der Waals surface area contributed by atoms with Crippen molar-refractivity contribution in [2.24, 2.45) is 0 Å². The molecule has 18 heavy (non-hydrogen) atoms. The molecular weight excluding hydrogens is 250 g/mol. The highest BCUT2D eigenvalue weighted by Gasteiger charge is 2.17. The van der Waals surface area contributed by atoms with Gasteiger partial charge in [0.05, 0.1) is 17.7 Å². The minimum atomic E-state index is 0.352. The average molecular weight is 265 g/mol. The molecule has 2 aromatic heterocycles. The van der Waals surface area contributed by atoms with E-state index in [4.69, 9.17) is 4.74 Å². The SMILES string of the molecule is CNc1nc(SCC2CCCO2)c2cn[nH]c2n1. The molecule has 1 fully saturated rings. The van der Waals surface area contributed by atoms with Crippen LogP contribution in [0.15, 0.2) is 11.2 Å². The van der Waals surface area contributed by atoms with Crippen molar-refractivity contribution in [3.63, 3.8) is 0 Å². The van der Waals surface area contributed by atoms with Gasteiger partial charge < -0.3 is 10.1 Å². The molecule has 1 saturated heterocycles. The largest absolute Gasteiger partial charge is 0.377 e. The molecule has 0 spiro atoms. The maximum atomic E-state index is 5.62. The number of nitrogens with one attached hydrogen (secondary N) is 2. The van der Waals surface area contributed by atoms with Crippen LogP contribution in [0.4, 0.5) is 5.95 Å². The zero-order valence-electron chi connectivity index (χ0n) is 10.1. The molecule has 1 aliphatic heterocycles.